The number of ketones is 1. The Balaban J connectivity index is 1.94. The minimum atomic E-state index is -0.654. The quantitative estimate of drug-likeness (QED) is 0.671. The number of carbonyl (C=O) groups is 3. The molecule has 3 fully saturated rings. The van der Waals surface area contributed by atoms with E-state index < -0.39 is 11.0 Å². The van der Waals surface area contributed by atoms with Crippen molar-refractivity contribution in [2.45, 2.75) is 38.6 Å². The van der Waals surface area contributed by atoms with E-state index in [0.29, 0.717) is 25.9 Å². The average Bonchev–Trinajstić information content (AvgIpc) is 2.75. The van der Waals surface area contributed by atoms with Crippen LogP contribution in [0.1, 0.15) is 33.1 Å². The molecular formula is C13H18N2O3. The maximum Gasteiger partial charge on any atom is 0.229 e. The minimum absolute atomic E-state index is 0.000347. The van der Waals surface area contributed by atoms with Crippen LogP contribution < -0.4 is 5.32 Å². The van der Waals surface area contributed by atoms with Crippen LogP contribution in [0.4, 0.5) is 0 Å². The summed E-state index contributed by atoms with van der Waals surface area (Å²) in [7, 11) is 0. The second-order valence-corrected chi connectivity index (χ2v) is 6.17. The van der Waals surface area contributed by atoms with Gasteiger partial charge in [-0.25, -0.2) is 0 Å². The van der Waals surface area contributed by atoms with E-state index in [-0.39, 0.29) is 23.5 Å². The first kappa shape index (κ1) is 11.7. The third-order valence-corrected chi connectivity index (χ3v) is 4.72. The van der Waals surface area contributed by atoms with Gasteiger partial charge in [0.25, 0.3) is 0 Å². The van der Waals surface area contributed by atoms with Crippen LogP contribution >= 0.6 is 0 Å². The summed E-state index contributed by atoms with van der Waals surface area (Å²) in [5.74, 6) is 0.00175. The van der Waals surface area contributed by atoms with Gasteiger partial charge in [0.2, 0.25) is 11.8 Å². The van der Waals surface area contributed by atoms with Crippen LogP contribution in [0, 0.1) is 11.3 Å². The number of Topliss-reactive ketones (excluding diaryl/α,β-unsaturated/α-hetero) is 1. The molecule has 1 N–H and O–H groups in total. The molecule has 2 atom stereocenters. The molecule has 0 aromatic carbocycles. The van der Waals surface area contributed by atoms with E-state index in [9.17, 15) is 14.4 Å². The molecule has 2 aliphatic heterocycles. The Kier molecular flexibility index (Phi) is 2.17. The molecule has 2 heterocycles. The fourth-order valence-corrected chi connectivity index (χ4v) is 3.43. The van der Waals surface area contributed by atoms with Gasteiger partial charge in [-0.3, -0.25) is 14.4 Å². The van der Waals surface area contributed by atoms with Crippen molar-refractivity contribution >= 4 is 17.6 Å². The summed E-state index contributed by atoms with van der Waals surface area (Å²) in [5, 5.41) is 2.74. The summed E-state index contributed by atoms with van der Waals surface area (Å²) in [6.07, 6.45) is 1.79. The predicted molar refractivity (Wildman–Crippen MR) is 63.6 cm³/mol. The van der Waals surface area contributed by atoms with Crippen molar-refractivity contribution in [1.82, 2.24) is 10.2 Å². The summed E-state index contributed by atoms with van der Waals surface area (Å²) in [5.41, 5.74) is -1.14. The summed E-state index contributed by atoms with van der Waals surface area (Å²) >= 11 is 0. The number of nitrogens with zero attached hydrogens (tertiary/aromatic N) is 1. The molecule has 98 valence electrons. The summed E-state index contributed by atoms with van der Waals surface area (Å²) in [4.78, 5) is 37.7. The van der Waals surface area contributed by atoms with Crippen molar-refractivity contribution in [3.8, 4) is 0 Å². The number of likely N-dealkylation sites (tertiary alicyclic amines) is 1. The number of amides is 2. The Bertz CT molecular complexity index is 459. The van der Waals surface area contributed by atoms with Gasteiger partial charge in [-0.2, -0.15) is 0 Å². The van der Waals surface area contributed by atoms with E-state index in [1.54, 1.807) is 4.90 Å². The molecule has 2 unspecified atom stereocenters. The molecule has 5 nitrogen and oxygen atoms in total. The Morgan fingerprint density at radius 1 is 1.39 bits per heavy atom. The van der Waals surface area contributed by atoms with Crippen molar-refractivity contribution in [1.29, 1.82) is 0 Å². The van der Waals surface area contributed by atoms with Gasteiger partial charge in [-0.1, -0.05) is 13.8 Å². The maximum atomic E-state index is 12.3. The Labute approximate surface area is 106 Å². The molecule has 0 bridgehead atoms. The molecule has 5 heteroatoms. The van der Waals surface area contributed by atoms with Gasteiger partial charge in [-0.15, -0.1) is 0 Å². The van der Waals surface area contributed by atoms with Crippen molar-refractivity contribution in [2.24, 2.45) is 11.3 Å². The Morgan fingerprint density at radius 3 is 2.44 bits per heavy atom. The molecule has 2 saturated heterocycles. The number of carbonyl (C=O) groups excluding carboxylic acids is 3. The lowest BCUT2D eigenvalue weighted by Crippen LogP contribution is -2.61. The lowest BCUT2D eigenvalue weighted by Gasteiger charge is -2.44. The topological polar surface area (TPSA) is 66.5 Å². The summed E-state index contributed by atoms with van der Waals surface area (Å²) in [6, 6.07) is 0. The van der Waals surface area contributed by atoms with E-state index in [2.05, 4.69) is 5.32 Å². The van der Waals surface area contributed by atoms with Crippen LogP contribution in [0.25, 0.3) is 0 Å². The van der Waals surface area contributed by atoms with Crippen molar-refractivity contribution in [3.05, 3.63) is 0 Å². The first-order chi connectivity index (χ1) is 8.41. The van der Waals surface area contributed by atoms with Gasteiger partial charge < -0.3 is 10.2 Å². The number of hydrogen-bond acceptors (Lipinski definition) is 3. The van der Waals surface area contributed by atoms with Crippen molar-refractivity contribution in [3.63, 3.8) is 0 Å². The number of nitrogens with one attached hydrogen (secondary N) is 1. The van der Waals surface area contributed by atoms with Crippen LogP contribution in [0.3, 0.4) is 0 Å². The van der Waals surface area contributed by atoms with E-state index in [0.717, 1.165) is 6.42 Å². The number of rotatable bonds is 1. The number of β-lactam (4-membered cyclic amide) rings is 1. The zero-order chi connectivity index (χ0) is 13.1. The third-order valence-electron chi connectivity index (χ3n) is 4.72. The first-order valence-corrected chi connectivity index (χ1v) is 6.54. The lowest BCUT2D eigenvalue weighted by atomic mass is 9.66. The Morgan fingerprint density at radius 2 is 2.11 bits per heavy atom. The second kappa shape index (κ2) is 3.33. The molecule has 1 aliphatic carbocycles. The first-order valence-electron chi connectivity index (χ1n) is 6.54. The molecule has 18 heavy (non-hydrogen) atoms. The van der Waals surface area contributed by atoms with Crippen LogP contribution in [0.2, 0.25) is 0 Å². The fraction of sp³-hybridized carbons (Fsp3) is 0.769. The van der Waals surface area contributed by atoms with Gasteiger partial charge in [0, 0.05) is 25.4 Å². The van der Waals surface area contributed by atoms with Gasteiger partial charge in [-0.05, 0) is 12.8 Å². The molecule has 3 rings (SSSR count). The molecule has 2 amide bonds. The highest BCUT2D eigenvalue weighted by Crippen LogP contribution is 2.52. The second-order valence-electron chi connectivity index (χ2n) is 6.17. The van der Waals surface area contributed by atoms with E-state index in [1.807, 2.05) is 13.8 Å². The third kappa shape index (κ3) is 1.19. The minimum Gasteiger partial charge on any atom is -0.354 e. The zero-order valence-electron chi connectivity index (χ0n) is 10.8. The smallest absolute Gasteiger partial charge is 0.229 e. The molecule has 0 aromatic heterocycles. The molecule has 2 spiro atoms. The summed E-state index contributed by atoms with van der Waals surface area (Å²) < 4.78 is 0. The van der Waals surface area contributed by atoms with E-state index >= 15 is 0 Å². The SMILES string of the molecule is CC(C)C(=O)N1CC2(CNC2=O)CC12CCC2=O. The maximum absolute atomic E-state index is 12.3. The fourth-order valence-electron chi connectivity index (χ4n) is 3.43. The highest BCUT2D eigenvalue weighted by atomic mass is 16.2. The molecular weight excluding hydrogens is 232 g/mol. The van der Waals surface area contributed by atoms with Gasteiger partial charge in [0.1, 0.15) is 5.54 Å². The number of hydrogen-bond donors (Lipinski definition) is 1. The van der Waals surface area contributed by atoms with Crippen molar-refractivity contribution in [2.75, 3.05) is 13.1 Å². The van der Waals surface area contributed by atoms with Crippen LogP contribution in [-0.4, -0.2) is 41.1 Å². The van der Waals surface area contributed by atoms with Gasteiger partial charge >= 0.3 is 0 Å². The van der Waals surface area contributed by atoms with E-state index in [1.165, 1.54) is 0 Å². The Hall–Kier alpha value is -1.39. The van der Waals surface area contributed by atoms with Gasteiger partial charge in [0.05, 0.1) is 5.41 Å². The van der Waals surface area contributed by atoms with Crippen LogP contribution in [-0.2, 0) is 14.4 Å². The monoisotopic (exact) mass is 250 g/mol. The predicted octanol–water partition coefficient (Wildman–Crippen LogP) is 0.0926. The molecule has 0 radical (unpaired) electrons. The summed E-state index contributed by atoms with van der Waals surface area (Å²) in [6.45, 7) is 4.69. The standard InChI is InChI=1S/C13H18N2O3/c1-8(2)10(17)15-7-12(6-14-11(12)18)5-13(15)4-3-9(13)16/h8H,3-7H2,1-2H3,(H,14,18). The lowest BCUT2D eigenvalue weighted by molar-refractivity contribution is -0.152. The van der Waals surface area contributed by atoms with Crippen LogP contribution in [0.15, 0.2) is 0 Å². The highest BCUT2D eigenvalue weighted by molar-refractivity contribution is 6.01. The zero-order valence-corrected chi connectivity index (χ0v) is 10.8. The van der Waals surface area contributed by atoms with Crippen LogP contribution in [0.5, 0.6) is 0 Å². The molecule has 1 saturated carbocycles. The molecule has 3 aliphatic rings. The van der Waals surface area contributed by atoms with Crippen molar-refractivity contribution < 1.29 is 14.4 Å². The molecule has 0 aromatic rings. The largest absolute Gasteiger partial charge is 0.354 e. The van der Waals surface area contributed by atoms with Gasteiger partial charge in [0.15, 0.2) is 5.78 Å². The van der Waals surface area contributed by atoms with E-state index in [4.69, 9.17) is 0 Å². The normalized spacial score (nSPS) is 38.1. The highest BCUT2D eigenvalue weighted by Gasteiger charge is 2.67. The average molecular weight is 250 g/mol.